The van der Waals surface area contributed by atoms with Gasteiger partial charge >= 0.3 is 0 Å². The highest BCUT2D eigenvalue weighted by Crippen LogP contribution is 2.53. The van der Waals surface area contributed by atoms with Gasteiger partial charge in [0.1, 0.15) is 24.7 Å². The lowest BCUT2D eigenvalue weighted by molar-refractivity contribution is 0.238. The van der Waals surface area contributed by atoms with Crippen LogP contribution in [0.2, 0.25) is 0 Å². The summed E-state index contributed by atoms with van der Waals surface area (Å²) in [6.45, 7) is 3.45. The van der Waals surface area contributed by atoms with Gasteiger partial charge in [-0.3, -0.25) is 0 Å². The van der Waals surface area contributed by atoms with Gasteiger partial charge in [0.25, 0.3) is 0 Å². The van der Waals surface area contributed by atoms with Gasteiger partial charge in [0.15, 0.2) is 0 Å². The molecule has 31 heavy (non-hydrogen) atoms. The van der Waals surface area contributed by atoms with Gasteiger partial charge in [-0.1, -0.05) is 84.9 Å². The number of ether oxygens (including phenoxy) is 2. The zero-order valence-electron chi connectivity index (χ0n) is 17.4. The van der Waals surface area contributed by atoms with E-state index >= 15 is 0 Å². The predicted molar refractivity (Wildman–Crippen MR) is 128 cm³/mol. The summed E-state index contributed by atoms with van der Waals surface area (Å²) in [5.74, 6) is 1.99. The summed E-state index contributed by atoms with van der Waals surface area (Å²) < 4.78 is 12.6. The minimum atomic E-state index is -0.725. The Morgan fingerprint density at radius 2 is 1.16 bits per heavy atom. The zero-order chi connectivity index (χ0) is 20.8. The molecule has 2 nitrogen and oxygen atoms in total. The van der Waals surface area contributed by atoms with Gasteiger partial charge in [0, 0.05) is 11.1 Å². The van der Waals surface area contributed by atoms with Gasteiger partial charge in [-0.05, 0) is 48.5 Å². The third kappa shape index (κ3) is 2.82. The van der Waals surface area contributed by atoms with Gasteiger partial charge in [-0.25, -0.2) is 0 Å². The molecule has 2 aliphatic heterocycles. The van der Waals surface area contributed by atoms with E-state index in [0.29, 0.717) is 13.2 Å². The van der Waals surface area contributed by atoms with Crippen LogP contribution in [0.1, 0.15) is 16.7 Å². The molecule has 0 radical (unpaired) electrons. The fourth-order valence-electron chi connectivity index (χ4n) is 5.12. The summed E-state index contributed by atoms with van der Waals surface area (Å²) in [4.78, 5) is 0. The minimum absolute atomic E-state index is 0.253. The second-order valence-electron chi connectivity index (χ2n) is 8.26. The monoisotopic (exact) mass is 422 g/mol. The second-order valence-corrected chi connectivity index (χ2v) is 10.4. The van der Waals surface area contributed by atoms with Crippen LogP contribution in [0.3, 0.4) is 0 Å². The molecule has 0 saturated heterocycles. The highest BCUT2D eigenvalue weighted by molar-refractivity contribution is 7.80. The molecule has 4 aromatic rings. The average Bonchev–Trinajstić information content (AvgIpc) is 3.39. The number of hydrogen-bond donors (Lipinski definition) is 0. The molecule has 1 spiro atoms. The van der Waals surface area contributed by atoms with E-state index in [1.54, 1.807) is 0 Å². The Kier molecular flexibility index (Phi) is 4.37. The molecule has 0 aromatic heterocycles. The number of aryl methyl sites for hydroxylation is 1. The summed E-state index contributed by atoms with van der Waals surface area (Å²) in [6, 6.07) is 34.7. The van der Waals surface area contributed by atoms with Crippen molar-refractivity contribution in [2.75, 3.05) is 13.2 Å². The Morgan fingerprint density at radius 1 is 0.613 bits per heavy atom. The summed E-state index contributed by atoms with van der Waals surface area (Å²) >= 11 is 0. The first-order valence-electron chi connectivity index (χ1n) is 10.7. The van der Waals surface area contributed by atoms with Crippen LogP contribution in [0, 0.1) is 6.92 Å². The molecule has 1 atom stereocenters. The van der Waals surface area contributed by atoms with E-state index in [1.165, 1.54) is 32.6 Å². The number of rotatable bonds is 3. The number of benzene rings is 4. The first-order chi connectivity index (χ1) is 15.3. The van der Waals surface area contributed by atoms with E-state index in [4.69, 9.17) is 9.47 Å². The van der Waals surface area contributed by atoms with Gasteiger partial charge in [0.05, 0.1) is 5.41 Å². The van der Waals surface area contributed by atoms with E-state index in [9.17, 15) is 0 Å². The fraction of sp³-hybridized carbons (Fsp3) is 0.143. The quantitative estimate of drug-likeness (QED) is 0.441. The van der Waals surface area contributed by atoms with Crippen molar-refractivity contribution in [2.24, 2.45) is 0 Å². The lowest BCUT2D eigenvalue weighted by atomic mass is 9.76. The van der Waals surface area contributed by atoms with Crippen LogP contribution in [-0.2, 0) is 5.41 Å². The first-order valence-corrected chi connectivity index (χ1v) is 12.0. The lowest BCUT2D eigenvalue weighted by Gasteiger charge is -2.28. The van der Waals surface area contributed by atoms with Crippen LogP contribution in [0.25, 0.3) is 0 Å². The van der Waals surface area contributed by atoms with Crippen molar-refractivity contribution in [3.8, 4) is 11.5 Å². The van der Waals surface area contributed by atoms with Crippen LogP contribution in [0.5, 0.6) is 11.5 Å². The average molecular weight is 422 g/mol. The molecule has 0 saturated carbocycles. The molecule has 2 aliphatic rings. The maximum atomic E-state index is 6.34. The molecule has 0 aliphatic carbocycles. The van der Waals surface area contributed by atoms with Crippen molar-refractivity contribution in [2.45, 2.75) is 12.3 Å². The van der Waals surface area contributed by atoms with Crippen molar-refractivity contribution >= 4 is 23.8 Å². The molecule has 0 amide bonds. The van der Waals surface area contributed by atoms with Crippen molar-refractivity contribution in [1.29, 1.82) is 0 Å². The number of fused-ring (bicyclic) bond motifs is 4. The van der Waals surface area contributed by atoms with Crippen LogP contribution in [0.4, 0.5) is 0 Å². The molecule has 3 heteroatoms. The van der Waals surface area contributed by atoms with Gasteiger partial charge in [0.2, 0.25) is 0 Å². The fourth-order valence-corrected chi connectivity index (χ4v) is 7.70. The van der Waals surface area contributed by atoms with E-state index in [1.807, 2.05) is 0 Å². The SMILES string of the molecule is Cc1cccc2c1C1(CO2)COc2cccc(P(c3ccccc3)c3ccccc3)c21. The van der Waals surface area contributed by atoms with Crippen molar-refractivity contribution < 1.29 is 9.47 Å². The van der Waals surface area contributed by atoms with Crippen LogP contribution >= 0.6 is 7.92 Å². The standard InChI is InChI=1S/C28H23O2P/c1-20-10-8-15-23-26(20)28(18-29-23)19-30-24-16-9-17-25(27(24)28)31(21-11-4-2-5-12-21)22-13-6-3-7-14-22/h2-17H,18-19H2,1H3. The Morgan fingerprint density at radius 3 is 1.77 bits per heavy atom. The largest absolute Gasteiger partial charge is 0.492 e. The maximum absolute atomic E-state index is 6.34. The Labute approximate surface area is 184 Å². The molecule has 2 heterocycles. The topological polar surface area (TPSA) is 18.5 Å². The lowest BCUT2D eigenvalue weighted by Crippen LogP contribution is -2.37. The summed E-state index contributed by atoms with van der Waals surface area (Å²) in [5, 5.41) is 4.06. The third-order valence-corrected chi connectivity index (χ3v) is 8.90. The van der Waals surface area contributed by atoms with Crippen molar-refractivity contribution in [3.05, 3.63) is 114 Å². The van der Waals surface area contributed by atoms with E-state index in [2.05, 4.69) is 104 Å². The molecular formula is C28H23O2P. The minimum Gasteiger partial charge on any atom is -0.492 e. The Bertz CT molecular complexity index is 1210. The third-order valence-electron chi connectivity index (χ3n) is 6.41. The highest BCUT2D eigenvalue weighted by Gasteiger charge is 2.51. The molecule has 1 unspecified atom stereocenters. The first kappa shape index (κ1) is 18.7. The highest BCUT2D eigenvalue weighted by atomic mass is 31.1. The van der Waals surface area contributed by atoms with E-state index in [0.717, 1.165) is 11.5 Å². The van der Waals surface area contributed by atoms with Crippen LogP contribution in [-0.4, -0.2) is 13.2 Å². The second kappa shape index (κ2) is 7.25. The molecule has 4 aromatic carbocycles. The molecule has 0 N–H and O–H groups in total. The summed E-state index contributed by atoms with van der Waals surface area (Å²) in [6.07, 6.45) is 0. The van der Waals surface area contributed by atoms with Gasteiger partial charge in [-0.15, -0.1) is 0 Å². The Hall–Kier alpha value is -3.09. The Balaban J connectivity index is 1.62. The van der Waals surface area contributed by atoms with Gasteiger partial charge in [-0.2, -0.15) is 0 Å². The summed E-state index contributed by atoms with van der Waals surface area (Å²) in [7, 11) is -0.725. The molecule has 0 fully saturated rings. The van der Waals surface area contributed by atoms with Gasteiger partial charge < -0.3 is 9.47 Å². The molecule has 6 rings (SSSR count). The molecule has 0 bridgehead atoms. The van der Waals surface area contributed by atoms with E-state index < -0.39 is 7.92 Å². The zero-order valence-corrected chi connectivity index (χ0v) is 18.3. The van der Waals surface area contributed by atoms with Crippen LogP contribution in [0.15, 0.2) is 97.1 Å². The molecule has 152 valence electrons. The van der Waals surface area contributed by atoms with Crippen LogP contribution < -0.4 is 25.4 Å². The smallest absolute Gasteiger partial charge is 0.124 e. The maximum Gasteiger partial charge on any atom is 0.124 e. The normalized spacial score (nSPS) is 18.5. The molecular weight excluding hydrogens is 399 g/mol. The summed E-state index contributed by atoms with van der Waals surface area (Å²) in [5.41, 5.74) is 3.61. The number of hydrogen-bond acceptors (Lipinski definition) is 2. The predicted octanol–water partition coefficient (Wildman–Crippen LogP) is 4.82. The van der Waals surface area contributed by atoms with Crippen molar-refractivity contribution in [1.82, 2.24) is 0 Å². The van der Waals surface area contributed by atoms with E-state index in [-0.39, 0.29) is 5.41 Å². The van der Waals surface area contributed by atoms with Crippen molar-refractivity contribution in [3.63, 3.8) is 0 Å².